The van der Waals surface area contributed by atoms with Gasteiger partial charge in [-0.3, -0.25) is 19.1 Å². The van der Waals surface area contributed by atoms with E-state index in [1.807, 2.05) is 43.0 Å². The maximum Gasteiger partial charge on any atom is 0.248 e. The summed E-state index contributed by atoms with van der Waals surface area (Å²) in [6.07, 6.45) is 11.5. The first kappa shape index (κ1) is 33.5. The molecule has 1 aromatic carbocycles. The lowest BCUT2D eigenvalue weighted by atomic mass is 9.98. The molecule has 1 saturated carbocycles. The van der Waals surface area contributed by atoms with Crippen molar-refractivity contribution in [3.8, 4) is 11.1 Å². The molecule has 0 radical (unpaired) electrons. The van der Waals surface area contributed by atoms with Gasteiger partial charge in [-0.2, -0.15) is 5.10 Å². The number of piperidine rings is 1. The number of halogens is 1. The second kappa shape index (κ2) is 13.4. The smallest absolute Gasteiger partial charge is 0.248 e. The van der Waals surface area contributed by atoms with Gasteiger partial charge in [-0.25, -0.2) is 15.0 Å². The van der Waals surface area contributed by atoms with Crippen LogP contribution in [0, 0.1) is 19.3 Å². The quantitative estimate of drug-likeness (QED) is 0.203. The molecule has 12 heteroatoms. The fourth-order valence-corrected chi connectivity index (χ4v) is 8.39. The van der Waals surface area contributed by atoms with Gasteiger partial charge in [0.1, 0.15) is 34.5 Å². The zero-order chi connectivity index (χ0) is 34.4. The van der Waals surface area contributed by atoms with Crippen molar-refractivity contribution < 1.29 is 14.4 Å². The van der Waals surface area contributed by atoms with E-state index in [0.717, 1.165) is 73.0 Å². The number of Topliss-reactive ketones (excluding diaryl/α,β-unsaturated/α-hetero) is 1. The van der Waals surface area contributed by atoms with Crippen LogP contribution in [0.4, 0.5) is 5.82 Å². The highest BCUT2D eigenvalue weighted by Gasteiger charge is 2.67. The first-order valence-corrected chi connectivity index (χ1v) is 18.1. The van der Waals surface area contributed by atoms with Crippen molar-refractivity contribution in [3.05, 3.63) is 63.9 Å². The largest absolute Gasteiger partial charge is 0.325 e. The van der Waals surface area contributed by atoms with Gasteiger partial charge in [0, 0.05) is 48.3 Å². The number of carbonyl (C=O) groups is 3. The average molecular weight is 728 g/mol. The third-order valence-corrected chi connectivity index (χ3v) is 11.0. The second-order valence-electron chi connectivity index (χ2n) is 14.3. The molecule has 3 aromatic heterocycles. The van der Waals surface area contributed by atoms with Crippen molar-refractivity contribution in [2.75, 3.05) is 25.5 Å². The van der Waals surface area contributed by atoms with E-state index < -0.39 is 6.04 Å². The van der Waals surface area contributed by atoms with Crippen LogP contribution in [0.15, 0.2) is 41.3 Å². The van der Waals surface area contributed by atoms with E-state index in [0.29, 0.717) is 33.7 Å². The molecule has 2 fully saturated rings. The van der Waals surface area contributed by atoms with Gasteiger partial charge in [0.05, 0.1) is 5.52 Å². The molecule has 2 amide bonds. The molecule has 1 spiro atoms. The summed E-state index contributed by atoms with van der Waals surface area (Å²) in [6.45, 7) is 7.05. The lowest BCUT2D eigenvalue weighted by Crippen LogP contribution is -2.47. The van der Waals surface area contributed by atoms with Crippen LogP contribution in [0.2, 0.25) is 0 Å². The predicted molar refractivity (Wildman–Crippen MR) is 191 cm³/mol. The van der Waals surface area contributed by atoms with Crippen LogP contribution in [-0.2, 0) is 22.6 Å². The average Bonchev–Trinajstić information content (AvgIpc) is 3.44. The topological polar surface area (TPSA) is 126 Å². The van der Waals surface area contributed by atoms with Crippen molar-refractivity contribution in [2.45, 2.75) is 90.8 Å². The van der Waals surface area contributed by atoms with Crippen LogP contribution < -0.4 is 5.32 Å². The first-order valence-electron chi connectivity index (χ1n) is 17.3. The molecule has 49 heavy (non-hydrogen) atoms. The minimum atomic E-state index is -0.635. The van der Waals surface area contributed by atoms with Gasteiger partial charge in [-0.1, -0.05) is 25.3 Å². The Morgan fingerprint density at radius 2 is 1.78 bits per heavy atom. The highest BCUT2D eigenvalue weighted by molar-refractivity contribution is 9.10. The summed E-state index contributed by atoms with van der Waals surface area (Å²) in [5, 5.41) is 8.50. The number of rotatable bonds is 4. The van der Waals surface area contributed by atoms with Gasteiger partial charge in [-0.15, -0.1) is 0 Å². The molecular formula is C37H43BrN8O3. The van der Waals surface area contributed by atoms with Crippen molar-refractivity contribution in [1.82, 2.24) is 34.5 Å². The van der Waals surface area contributed by atoms with Crippen molar-refractivity contribution in [3.63, 3.8) is 0 Å². The molecule has 2 bridgehead atoms. The van der Waals surface area contributed by atoms with Crippen molar-refractivity contribution in [2.24, 2.45) is 5.41 Å². The Labute approximate surface area is 295 Å². The molecule has 11 nitrogen and oxygen atoms in total. The number of aromatic nitrogens is 5. The number of likely N-dealkylation sites (tertiary alicyclic amines) is 1. The molecule has 7 rings (SSSR count). The number of ketones is 1. The number of hydrogen-bond donors (Lipinski definition) is 1. The lowest BCUT2D eigenvalue weighted by molar-refractivity contribution is -0.138. The standard InChI is InChI=1S/C37H43BrN8O3/c1-22-14-26(27-18-39-24(3)40-19-27)15-28-33(23(2)47)43-45(34(22)28)20-32(48)46-29-16-37(17-30(37)46)21-44(4)13-9-7-5-6-8-10-25-11-12-31(38)41-35(25)42-36(29)49/h11-12,14-15,18-19,29-30H,5-10,13,16-17,20-21H2,1-4H3,(H,41,42,49)/t29-,30+,37-/m0/s1. The monoisotopic (exact) mass is 726 g/mol. The number of nitrogens with one attached hydrogen (secondary N) is 1. The summed E-state index contributed by atoms with van der Waals surface area (Å²) in [5.74, 6) is 0.660. The summed E-state index contributed by atoms with van der Waals surface area (Å²) < 4.78 is 2.30. The summed E-state index contributed by atoms with van der Waals surface area (Å²) in [5.41, 5.74) is 4.50. The number of amides is 2. The highest BCUT2D eigenvalue weighted by Crippen LogP contribution is 2.60. The Bertz CT molecular complexity index is 1940. The lowest BCUT2D eigenvalue weighted by Gasteiger charge is -2.27. The maximum absolute atomic E-state index is 14.5. The molecule has 1 aliphatic carbocycles. The van der Waals surface area contributed by atoms with Gasteiger partial charge in [-0.05, 0) is 110 Å². The molecule has 3 atom stereocenters. The number of aryl methyl sites for hydroxylation is 3. The Morgan fingerprint density at radius 1 is 1.02 bits per heavy atom. The summed E-state index contributed by atoms with van der Waals surface area (Å²) in [7, 11) is 2.16. The SMILES string of the molecule is CC(=O)c1nn(CC(=O)N2[C@H]3C[C@]4(C[C@@H]24)CN(C)CCCCCCCc2ccc(Br)nc2NC3=O)c2c(C)cc(-c3cnc(C)nc3)cc12. The van der Waals surface area contributed by atoms with Gasteiger partial charge in [0.15, 0.2) is 5.78 Å². The molecule has 1 N–H and O–H groups in total. The van der Waals surface area contributed by atoms with Gasteiger partial charge in [0.25, 0.3) is 0 Å². The van der Waals surface area contributed by atoms with E-state index in [-0.39, 0.29) is 35.6 Å². The molecule has 0 unspecified atom stereocenters. The van der Waals surface area contributed by atoms with Crippen LogP contribution in [-0.4, -0.2) is 84.4 Å². The number of anilines is 1. The minimum absolute atomic E-state index is 0.0350. The first-order chi connectivity index (χ1) is 23.5. The third kappa shape index (κ3) is 6.64. The maximum atomic E-state index is 14.5. The van der Waals surface area contributed by atoms with Crippen LogP contribution in [0.25, 0.3) is 22.0 Å². The normalized spacial score (nSPS) is 23.2. The Kier molecular flexibility index (Phi) is 9.12. The van der Waals surface area contributed by atoms with Crippen LogP contribution in [0.5, 0.6) is 0 Å². The van der Waals surface area contributed by atoms with Crippen LogP contribution in [0.1, 0.15) is 79.3 Å². The molecule has 4 aromatic rings. The number of pyridine rings is 1. The number of nitrogens with zero attached hydrogens (tertiary/aromatic N) is 7. The van der Waals surface area contributed by atoms with Crippen molar-refractivity contribution >= 4 is 50.2 Å². The third-order valence-electron chi connectivity index (χ3n) is 10.5. The fraction of sp³-hybridized carbons (Fsp3) is 0.486. The molecular weight excluding hydrogens is 684 g/mol. The number of benzene rings is 1. The van der Waals surface area contributed by atoms with E-state index in [1.54, 1.807) is 17.1 Å². The molecule has 3 aliphatic rings. The highest BCUT2D eigenvalue weighted by atomic mass is 79.9. The van der Waals surface area contributed by atoms with Crippen LogP contribution in [0.3, 0.4) is 0 Å². The van der Waals surface area contributed by atoms with E-state index in [2.05, 4.69) is 48.1 Å². The Balaban J connectivity index is 1.22. The summed E-state index contributed by atoms with van der Waals surface area (Å²) in [4.78, 5) is 59.0. The number of hydrogen-bond acceptors (Lipinski definition) is 8. The Hall–Kier alpha value is -4.03. The van der Waals surface area contributed by atoms with Gasteiger partial charge < -0.3 is 15.1 Å². The molecule has 5 heterocycles. The van der Waals surface area contributed by atoms with E-state index in [1.165, 1.54) is 19.8 Å². The summed E-state index contributed by atoms with van der Waals surface area (Å²) in [6, 6.07) is 7.20. The van der Waals surface area contributed by atoms with Crippen LogP contribution >= 0.6 is 15.9 Å². The van der Waals surface area contributed by atoms with Crippen molar-refractivity contribution in [1.29, 1.82) is 0 Å². The van der Waals surface area contributed by atoms with Gasteiger partial charge in [0.2, 0.25) is 11.8 Å². The Morgan fingerprint density at radius 3 is 2.55 bits per heavy atom. The molecule has 2 aliphatic heterocycles. The molecule has 1 saturated heterocycles. The number of fused-ring (bicyclic) bond motifs is 3. The van der Waals surface area contributed by atoms with Gasteiger partial charge >= 0.3 is 0 Å². The number of carbonyl (C=O) groups excluding carboxylic acids is 3. The second-order valence-corrected chi connectivity index (χ2v) is 15.1. The van der Waals surface area contributed by atoms with E-state index in [9.17, 15) is 14.4 Å². The zero-order valence-electron chi connectivity index (χ0n) is 28.6. The fourth-order valence-electron chi connectivity index (χ4n) is 8.08. The minimum Gasteiger partial charge on any atom is -0.325 e. The summed E-state index contributed by atoms with van der Waals surface area (Å²) >= 11 is 3.48. The zero-order valence-corrected chi connectivity index (χ0v) is 30.2. The molecule has 256 valence electrons. The predicted octanol–water partition coefficient (Wildman–Crippen LogP) is 5.91. The van der Waals surface area contributed by atoms with E-state index in [4.69, 9.17) is 5.10 Å². The van der Waals surface area contributed by atoms with E-state index >= 15 is 0 Å².